The van der Waals surface area contributed by atoms with E-state index in [1.165, 1.54) is 18.5 Å². The minimum absolute atomic E-state index is 0.0775. The van der Waals surface area contributed by atoms with Gasteiger partial charge in [0.2, 0.25) is 0 Å². The van der Waals surface area contributed by atoms with Gasteiger partial charge in [0.25, 0.3) is 0 Å². The van der Waals surface area contributed by atoms with Crippen LogP contribution in [0.25, 0.3) is 0 Å². The van der Waals surface area contributed by atoms with E-state index < -0.39 is 32.9 Å². The lowest BCUT2D eigenvalue weighted by molar-refractivity contribution is 0.0691. The van der Waals surface area contributed by atoms with Crippen molar-refractivity contribution in [2.75, 3.05) is 0 Å². The van der Waals surface area contributed by atoms with Crippen LogP contribution in [0.15, 0.2) is 41.6 Å². The summed E-state index contributed by atoms with van der Waals surface area (Å²) in [7, 11) is -3.84. The van der Waals surface area contributed by atoms with Crippen LogP contribution >= 0.6 is 0 Å². The molecule has 0 saturated heterocycles. The molecule has 20 heavy (non-hydrogen) atoms. The summed E-state index contributed by atoms with van der Waals surface area (Å²) in [6.07, 6.45) is 2.79. The summed E-state index contributed by atoms with van der Waals surface area (Å²) in [6, 6.07) is 4.15. The molecule has 2 rings (SSSR count). The zero-order valence-corrected chi connectivity index (χ0v) is 10.8. The molecule has 0 aliphatic heterocycles. The van der Waals surface area contributed by atoms with Crippen LogP contribution in [0.3, 0.4) is 0 Å². The van der Waals surface area contributed by atoms with Gasteiger partial charge in [0, 0.05) is 12.4 Å². The molecule has 0 aliphatic carbocycles. The second-order valence-corrected chi connectivity index (χ2v) is 5.86. The van der Waals surface area contributed by atoms with Crippen LogP contribution in [0.1, 0.15) is 16.2 Å². The van der Waals surface area contributed by atoms with E-state index in [4.69, 9.17) is 5.11 Å². The highest BCUT2D eigenvalue weighted by Crippen LogP contribution is 2.18. The van der Waals surface area contributed by atoms with Gasteiger partial charge in [0.1, 0.15) is 17.4 Å². The second kappa shape index (κ2) is 5.33. The third-order valence-electron chi connectivity index (χ3n) is 2.47. The first kappa shape index (κ1) is 14.1. The SMILES string of the molecule is O=C(O)c1cc(S(=O)(=O)Cc2ncccn2)ccc1F. The van der Waals surface area contributed by atoms with Crippen molar-refractivity contribution in [3.8, 4) is 0 Å². The summed E-state index contributed by atoms with van der Waals surface area (Å²) in [6.45, 7) is 0. The molecule has 0 radical (unpaired) electrons. The number of rotatable bonds is 4. The quantitative estimate of drug-likeness (QED) is 0.854. The fraction of sp³-hybridized carbons (Fsp3) is 0.0833. The number of sulfone groups is 1. The van der Waals surface area contributed by atoms with Gasteiger partial charge in [0.05, 0.1) is 10.5 Å². The van der Waals surface area contributed by atoms with E-state index in [2.05, 4.69) is 9.97 Å². The van der Waals surface area contributed by atoms with Gasteiger partial charge < -0.3 is 5.11 Å². The lowest BCUT2D eigenvalue weighted by Gasteiger charge is -2.05. The van der Waals surface area contributed by atoms with E-state index in [0.29, 0.717) is 0 Å². The normalized spacial score (nSPS) is 11.2. The lowest BCUT2D eigenvalue weighted by Crippen LogP contribution is -2.10. The maximum Gasteiger partial charge on any atom is 0.338 e. The molecule has 0 aliphatic rings. The van der Waals surface area contributed by atoms with Crippen LogP contribution in [0, 0.1) is 5.82 Å². The Kier molecular flexibility index (Phi) is 3.75. The summed E-state index contributed by atoms with van der Waals surface area (Å²) in [5.41, 5.74) is -0.694. The Morgan fingerprint density at radius 3 is 2.50 bits per heavy atom. The van der Waals surface area contributed by atoms with Gasteiger partial charge in [-0.1, -0.05) is 0 Å². The Labute approximate surface area is 113 Å². The third-order valence-corrected chi connectivity index (χ3v) is 4.08. The van der Waals surface area contributed by atoms with E-state index in [-0.39, 0.29) is 10.7 Å². The van der Waals surface area contributed by atoms with Crippen molar-refractivity contribution < 1.29 is 22.7 Å². The number of halogens is 1. The number of carbonyl (C=O) groups is 1. The van der Waals surface area contributed by atoms with Crippen LogP contribution in [-0.2, 0) is 15.6 Å². The molecule has 6 nitrogen and oxygen atoms in total. The molecule has 0 atom stereocenters. The standard InChI is InChI=1S/C12H9FN2O4S/c13-10-3-2-8(6-9(10)12(16)17)20(18,19)7-11-14-4-1-5-15-11/h1-6H,7H2,(H,16,17). The first-order chi connectivity index (χ1) is 9.40. The Morgan fingerprint density at radius 1 is 1.25 bits per heavy atom. The van der Waals surface area contributed by atoms with Crippen LogP contribution in [0.2, 0.25) is 0 Å². The fourth-order valence-corrected chi connectivity index (χ4v) is 2.75. The second-order valence-electron chi connectivity index (χ2n) is 3.87. The van der Waals surface area contributed by atoms with Gasteiger partial charge in [-0.3, -0.25) is 0 Å². The topological polar surface area (TPSA) is 97.2 Å². The van der Waals surface area contributed by atoms with Crippen molar-refractivity contribution in [1.29, 1.82) is 0 Å². The number of nitrogens with zero attached hydrogens (tertiary/aromatic N) is 2. The summed E-state index contributed by atoms with van der Waals surface area (Å²) >= 11 is 0. The van der Waals surface area contributed by atoms with Crippen LogP contribution in [0.5, 0.6) is 0 Å². The van der Waals surface area contributed by atoms with Gasteiger partial charge in [0.15, 0.2) is 9.84 Å². The number of carboxylic acid groups (broad SMARTS) is 1. The van der Waals surface area contributed by atoms with Crippen molar-refractivity contribution >= 4 is 15.8 Å². The Morgan fingerprint density at radius 2 is 1.90 bits per heavy atom. The zero-order valence-electron chi connectivity index (χ0n) is 10.0. The predicted molar refractivity (Wildman–Crippen MR) is 66.3 cm³/mol. The Hall–Kier alpha value is -2.35. The predicted octanol–water partition coefficient (Wildman–Crippen LogP) is 1.29. The largest absolute Gasteiger partial charge is 0.478 e. The van der Waals surface area contributed by atoms with E-state index in [1.54, 1.807) is 0 Å². The highest BCUT2D eigenvalue weighted by atomic mass is 32.2. The minimum atomic E-state index is -3.84. The Bertz CT molecular complexity index is 747. The Balaban J connectivity index is 2.40. The molecule has 1 aromatic heterocycles. The van der Waals surface area contributed by atoms with Gasteiger partial charge in [-0.05, 0) is 24.3 Å². The highest BCUT2D eigenvalue weighted by molar-refractivity contribution is 7.90. The number of benzene rings is 1. The smallest absolute Gasteiger partial charge is 0.338 e. The number of hydrogen-bond acceptors (Lipinski definition) is 5. The molecule has 1 heterocycles. The van der Waals surface area contributed by atoms with Gasteiger partial charge in [-0.15, -0.1) is 0 Å². The maximum absolute atomic E-state index is 13.2. The molecule has 0 unspecified atom stereocenters. The van der Waals surface area contributed by atoms with E-state index in [9.17, 15) is 17.6 Å². The van der Waals surface area contributed by atoms with E-state index in [0.717, 1.165) is 18.2 Å². The van der Waals surface area contributed by atoms with Crippen molar-refractivity contribution in [1.82, 2.24) is 9.97 Å². The molecule has 0 fully saturated rings. The average Bonchev–Trinajstić information content (AvgIpc) is 2.39. The molecule has 1 N–H and O–H groups in total. The average molecular weight is 296 g/mol. The summed E-state index contributed by atoms with van der Waals surface area (Å²) in [5.74, 6) is -2.94. The molecule has 104 valence electrons. The molecule has 8 heteroatoms. The first-order valence-electron chi connectivity index (χ1n) is 5.41. The first-order valence-corrected chi connectivity index (χ1v) is 7.07. The van der Waals surface area contributed by atoms with Crippen molar-refractivity contribution in [3.05, 3.63) is 53.9 Å². The number of aromatic nitrogens is 2. The highest BCUT2D eigenvalue weighted by Gasteiger charge is 2.20. The van der Waals surface area contributed by atoms with Gasteiger partial charge in [-0.25, -0.2) is 27.6 Å². The zero-order chi connectivity index (χ0) is 14.8. The maximum atomic E-state index is 13.2. The molecule has 0 saturated carbocycles. The lowest BCUT2D eigenvalue weighted by atomic mass is 10.2. The molecule has 0 spiro atoms. The van der Waals surface area contributed by atoms with Gasteiger partial charge in [-0.2, -0.15) is 0 Å². The van der Waals surface area contributed by atoms with Crippen molar-refractivity contribution in [2.45, 2.75) is 10.6 Å². The number of hydrogen-bond donors (Lipinski definition) is 1. The molecule has 2 aromatic rings. The molecule has 0 amide bonds. The van der Waals surface area contributed by atoms with Crippen LogP contribution in [0.4, 0.5) is 4.39 Å². The minimum Gasteiger partial charge on any atom is -0.478 e. The molecule has 0 bridgehead atoms. The summed E-state index contributed by atoms with van der Waals surface area (Å²) in [5, 5.41) is 8.79. The number of carboxylic acids is 1. The monoisotopic (exact) mass is 296 g/mol. The van der Waals surface area contributed by atoms with Gasteiger partial charge >= 0.3 is 5.97 Å². The molecule has 1 aromatic carbocycles. The van der Waals surface area contributed by atoms with Crippen molar-refractivity contribution in [3.63, 3.8) is 0 Å². The molecular formula is C12H9FN2O4S. The fourth-order valence-electron chi connectivity index (χ4n) is 1.52. The third kappa shape index (κ3) is 2.97. The van der Waals surface area contributed by atoms with E-state index >= 15 is 0 Å². The van der Waals surface area contributed by atoms with Crippen LogP contribution in [-0.4, -0.2) is 29.5 Å². The number of aromatic carboxylic acids is 1. The summed E-state index contributed by atoms with van der Waals surface area (Å²) in [4.78, 5) is 18.1. The summed E-state index contributed by atoms with van der Waals surface area (Å²) < 4.78 is 37.4. The van der Waals surface area contributed by atoms with Crippen LogP contribution < -0.4 is 0 Å². The molecular weight excluding hydrogens is 287 g/mol. The van der Waals surface area contributed by atoms with E-state index in [1.807, 2.05) is 0 Å². The van der Waals surface area contributed by atoms with Crippen molar-refractivity contribution in [2.24, 2.45) is 0 Å².